The number of nitrogens with zero attached hydrogens (tertiary/aromatic N) is 2. The highest BCUT2D eigenvalue weighted by atomic mass is 15.3. The molecule has 2 N–H and O–H groups in total. The SMILES string of the molecule is CCC1CN(C)CCCN1C1CC(C)CCC1N. The summed E-state index contributed by atoms with van der Waals surface area (Å²) < 4.78 is 0. The van der Waals surface area contributed by atoms with Gasteiger partial charge in [0.05, 0.1) is 0 Å². The topological polar surface area (TPSA) is 32.5 Å². The molecule has 0 aromatic rings. The van der Waals surface area contributed by atoms with Gasteiger partial charge in [0.25, 0.3) is 0 Å². The molecule has 106 valence electrons. The molecule has 3 nitrogen and oxygen atoms in total. The third-order valence-corrected chi connectivity index (χ3v) is 4.98. The van der Waals surface area contributed by atoms with Gasteiger partial charge in [0.15, 0.2) is 0 Å². The minimum Gasteiger partial charge on any atom is -0.326 e. The molecule has 1 aliphatic heterocycles. The summed E-state index contributed by atoms with van der Waals surface area (Å²) in [5.41, 5.74) is 6.42. The van der Waals surface area contributed by atoms with Crippen LogP contribution in [0.1, 0.15) is 46.0 Å². The fraction of sp³-hybridized carbons (Fsp3) is 1.00. The summed E-state index contributed by atoms with van der Waals surface area (Å²) in [6.45, 7) is 8.42. The van der Waals surface area contributed by atoms with Crippen molar-refractivity contribution in [2.75, 3.05) is 26.7 Å². The van der Waals surface area contributed by atoms with Gasteiger partial charge in [-0.15, -0.1) is 0 Å². The van der Waals surface area contributed by atoms with Gasteiger partial charge in [0, 0.05) is 31.2 Å². The van der Waals surface area contributed by atoms with Crippen LogP contribution in [0, 0.1) is 5.92 Å². The molecule has 0 aromatic carbocycles. The first-order valence-corrected chi connectivity index (χ1v) is 7.81. The molecular weight excluding hydrogens is 222 g/mol. The Bertz CT molecular complexity index is 256. The van der Waals surface area contributed by atoms with E-state index in [1.54, 1.807) is 0 Å². The summed E-state index contributed by atoms with van der Waals surface area (Å²) in [5, 5.41) is 0. The van der Waals surface area contributed by atoms with Crippen molar-refractivity contribution in [1.82, 2.24) is 9.80 Å². The zero-order valence-electron chi connectivity index (χ0n) is 12.4. The van der Waals surface area contributed by atoms with Crippen LogP contribution in [0.15, 0.2) is 0 Å². The molecule has 2 rings (SSSR count). The van der Waals surface area contributed by atoms with Gasteiger partial charge >= 0.3 is 0 Å². The van der Waals surface area contributed by atoms with Gasteiger partial charge in [-0.3, -0.25) is 4.90 Å². The van der Waals surface area contributed by atoms with E-state index in [4.69, 9.17) is 5.73 Å². The lowest BCUT2D eigenvalue weighted by atomic mass is 9.82. The maximum atomic E-state index is 6.42. The Labute approximate surface area is 113 Å². The largest absolute Gasteiger partial charge is 0.326 e. The summed E-state index contributed by atoms with van der Waals surface area (Å²) in [6, 6.07) is 1.74. The maximum Gasteiger partial charge on any atom is 0.0253 e. The third kappa shape index (κ3) is 3.25. The van der Waals surface area contributed by atoms with Crippen LogP contribution in [-0.2, 0) is 0 Å². The van der Waals surface area contributed by atoms with Crippen molar-refractivity contribution in [3.63, 3.8) is 0 Å². The second-order valence-corrected chi connectivity index (χ2v) is 6.57. The lowest BCUT2D eigenvalue weighted by Gasteiger charge is -2.44. The predicted octanol–water partition coefficient (Wildman–Crippen LogP) is 1.92. The Kier molecular flexibility index (Phi) is 5.05. The van der Waals surface area contributed by atoms with Crippen LogP contribution in [0.2, 0.25) is 0 Å². The number of rotatable bonds is 2. The molecule has 1 saturated carbocycles. The van der Waals surface area contributed by atoms with E-state index in [1.807, 2.05) is 0 Å². The number of hydrogen-bond donors (Lipinski definition) is 1. The number of hydrogen-bond acceptors (Lipinski definition) is 3. The predicted molar refractivity (Wildman–Crippen MR) is 77.7 cm³/mol. The average molecular weight is 253 g/mol. The van der Waals surface area contributed by atoms with Crippen molar-refractivity contribution in [3.8, 4) is 0 Å². The van der Waals surface area contributed by atoms with Crippen LogP contribution >= 0.6 is 0 Å². The van der Waals surface area contributed by atoms with Gasteiger partial charge in [0.2, 0.25) is 0 Å². The summed E-state index contributed by atoms with van der Waals surface area (Å²) in [5.74, 6) is 0.855. The summed E-state index contributed by atoms with van der Waals surface area (Å²) in [6.07, 6.45) is 6.39. The molecule has 4 atom stereocenters. The molecule has 3 heteroatoms. The second-order valence-electron chi connectivity index (χ2n) is 6.57. The van der Waals surface area contributed by atoms with Gasteiger partial charge in [-0.05, 0) is 51.6 Å². The van der Waals surface area contributed by atoms with Gasteiger partial charge < -0.3 is 10.6 Å². The van der Waals surface area contributed by atoms with Crippen LogP contribution < -0.4 is 5.73 Å². The molecule has 18 heavy (non-hydrogen) atoms. The molecule has 2 aliphatic rings. The highest BCUT2D eigenvalue weighted by molar-refractivity contribution is 4.92. The average Bonchev–Trinajstić information content (AvgIpc) is 2.53. The monoisotopic (exact) mass is 253 g/mol. The molecule has 4 unspecified atom stereocenters. The van der Waals surface area contributed by atoms with E-state index in [9.17, 15) is 0 Å². The molecule has 0 bridgehead atoms. The minimum atomic E-state index is 0.402. The molecule has 0 radical (unpaired) electrons. The minimum absolute atomic E-state index is 0.402. The summed E-state index contributed by atoms with van der Waals surface area (Å²) in [4.78, 5) is 5.25. The van der Waals surface area contributed by atoms with Crippen LogP contribution in [0.4, 0.5) is 0 Å². The van der Waals surface area contributed by atoms with Crippen LogP contribution in [0.5, 0.6) is 0 Å². The molecule has 0 amide bonds. The van der Waals surface area contributed by atoms with Crippen molar-refractivity contribution in [2.45, 2.75) is 64.1 Å². The first kappa shape index (κ1) is 14.3. The lowest BCUT2D eigenvalue weighted by Crippen LogP contribution is -2.55. The fourth-order valence-corrected chi connectivity index (χ4v) is 3.82. The highest BCUT2D eigenvalue weighted by Gasteiger charge is 2.34. The van der Waals surface area contributed by atoms with Crippen molar-refractivity contribution in [2.24, 2.45) is 11.7 Å². The fourth-order valence-electron chi connectivity index (χ4n) is 3.82. The van der Waals surface area contributed by atoms with E-state index in [0.717, 1.165) is 5.92 Å². The van der Waals surface area contributed by atoms with Gasteiger partial charge in [-0.25, -0.2) is 0 Å². The lowest BCUT2D eigenvalue weighted by molar-refractivity contribution is 0.0730. The van der Waals surface area contributed by atoms with E-state index in [2.05, 4.69) is 30.7 Å². The van der Waals surface area contributed by atoms with E-state index in [0.29, 0.717) is 18.1 Å². The first-order valence-electron chi connectivity index (χ1n) is 7.81. The van der Waals surface area contributed by atoms with Gasteiger partial charge in [-0.2, -0.15) is 0 Å². The number of nitrogens with two attached hydrogens (primary N) is 1. The van der Waals surface area contributed by atoms with Crippen LogP contribution in [-0.4, -0.2) is 54.6 Å². The Morgan fingerprint density at radius 1 is 1.22 bits per heavy atom. The molecule has 1 aliphatic carbocycles. The highest BCUT2D eigenvalue weighted by Crippen LogP contribution is 2.29. The molecular formula is C15H31N3. The third-order valence-electron chi connectivity index (χ3n) is 4.98. The smallest absolute Gasteiger partial charge is 0.0253 e. The van der Waals surface area contributed by atoms with Crippen molar-refractivity contribution in [1.29, 1.82) is 0 Å². The van der Waals surface area contributed by atoms with Crippen molar-refractivity contribution >= 4 is 0 Å². The Hall–Kier alpha value is -0.120. The van der Waals surface area contributed by atoms with Crippen LogP contribution in [0.3, 0.4) is 0 Å². The Morgan fingerprint density at radius 2 is 2.00 bits per heavy atom. The summed E-state index contributed by atoms with van der Waals surface area (Å²) >= 11 is 0. The van der Waals surface area contributed by atoms with E-state index < -0.39 is 0 Å². The van der Waals surface area contributed by atoms with Crippen LogP contribution in [0.25, 0.3) is 0 Å². The van der Waals surface area contributed by atoms with Gasteiger partial charge in [0.1, 0.15) is 0 Å². The Balaban J connectivity index is 2.07. The second kappa shape index (κ2) is 6.36. The van der Waals surface area contributed by atoms with Crippen molar-refractivity contribution < 1.29 is 0 Å². The zero-order chi connectivity index (χ0) is 13.1. The normalized spacial score (nSPS) is 40.7. The molecule has 2 fully saturated rings. The Morgan fingerprint density at radius 3 is 2.72 bits per heavy atom. The van der Waals surface area contributed by atoms with E-state index in [-0.39, 0.29) is 0 Å². The zero-order valence-corrected chi connectivity index (χ0v) is 12.4. The molecule has 0 spiro atoms. The number of likely N-dealkylation sites (N-methyl/N-ethyl adjacent to an activating group) is 1. The molecule has 0 aromatic heterocycles. The molecule has 1 heterocycles. The van der Waals surface area contributed by atoms with E-state index in [1.165, 1.54) is 51.7 Å². The van der Waals surface area contributed by atoms with E-state index >= 15 is 0 Å². The maximum absolute atomic E-state index is 6.42. The quantitative estimate of drug-likeness (QED) is 0.816. The molecule has 1 saturated heterocycles. The van der Waals surface area contributed by atoms with Gasteiger partial charge in [-0.1, -0.05) is 13.8 Å². The van der Waals surface area contributed by atoms with Crippen molar-refractivity contribution in [3.05, 3.63) is 0 Å². The first-order chi connectivity index (χ1) is 8.61. The summed E-state index contributed by atoms with van der Waals surface area (Å²) in [7, 11) is 2.26. The standard InChI is InChI=1S/C15H31N3/c1-4-13-11-17(3)8-5-9-18(13)15-10-12(2)6-7-14(15)16/h12-15H,4-11,16H2,1-3H3.